The zero-order valence-electron chi connectivity index (χ0n) is 39.0. The van der Waals surface area contributed by atoms with Crippen molar-refractivity contribution in [1.82, 2.24) is 49.8 Å². The lowest BCUT2D eigenvalue weighted by Crippen LogP contribution is -2.18. The van der Waals surface area contributed by atoms with Crippen molar-refractivity contribution in [1.29, 1.82) is 0 Å². The van der Waals surface area contributed by atoms with Crippen molar-refractivity contribution in [2.45, 2.75) is 0 Å². The first-order chi connectivity index (χ1) is 36.7. The van der Waals surface area contributed by atoms with Crippen molar-refractivity contribution in [2.75, 3.05) is 9.80 Å². The summed E-state index contributed by atoms with van der Waals surface area (Å²) < 4.78 is 13.2. The SMILES string of the molecule is c1ccc(-c2nc(-c3cc(-c4nc(-c5ccccn5)nc(-c5ccccn5)n4)c4cc(N5c6ccccc6Oc6ccccc65)cc(N5c6ccccc6Oc6ccccc65)c4c3)nc(-c3ccccn3)n2)nc1. The predicted octanol–water partition coefficient (Wildman–Crippen LogP) is 13.9. The van der Waals surface area contributed by atoms with Crippen LogP contribution < -0.4 is 19.3 Å². The van der Waals surface area contributed by atoms with Gasteiger partial charge in [-0.25, -0.2) is 29.9 Å². The standard InChI is InChI=1S/C60H36N12O2/c1-5-25-51-46(21-1)71(47-22-2-6-26-52(47)73-51)38-35-39-40(50(36-38)72-48-23-3-7-27-53(48)74-54-28-8-4-24-49(54)72)33-37(55-65-57(42-17-9-13-29-61-42)69-58(66-55)43-18-10-14-30-62-43)34-41(39)56-67-59(44-19-11-15-31-63-44)70-60(68-56)45-20-12-16-32-64-45/h1-36H. The molecule has 348 valence electrons. The van der Waals surface area contributed by atoms with Crippen molar-refractivity contribution in [3.05, 3.63) is 219 Å². The van der Waals surface area contributed by atoms with E-state index in [9.17, 15) is 0 Å². The fourth-order valence-corrected chi connectivity index (χ4v) is 9.44. The van der Waals surface area contributed by atoms with Crippen molar-refractivity contribution >= 4 is 44.9 Å². The Balaban J connectivity index is 1.13. The lowest BCUT2D eigenvalue weighted by atomic mass is 9.95. The van der Waals surface area contributed by atoms with Gasteiger partial charge in [-0.05, 0) is 127 Å². The molecule has 0 spiro atoms. The van der Waals surface area contributed by atoms with Crippen molar-refractivity contribution < 1.29 is 9.47 Å². The first kappa shape index (κ1) is 42.3. The fraction of sp³-hybridized carbons (Fsp3) is 0. The maximum atomic E-state index is 6.64. The van der Waals surface area contributed by atoms with Gasteiger partial charge in [-0.1, -0.05) is 72.8 Å². The first-order valence-corrected chi connectivity index (χ1v) is 23.8. The molecule has 0 saturated heterocycles. The van der Waals surface area contributed by atoms with Crippen LogP contribution >= 0.6 is 0 Å². The molecule has 14 rings (SSSR count). The normalized spacial score (nSPS) is 12.2. The van der Waals surface area contributed by atoms with E-state index in [-0.39, 0.29) is 0 Å². The second kappa shape index (κ2) is 17.7. The molecule has 14 heteroatoms. The minimum Gasteiger partial charge on any atom is -0.453 e. The third kappa shape index (κ3) is 7.45. The van der Waals surface area contributed by atoms with E-state index in [4.69, 9.17) is 49.3 Å². The minimum atomic E-state index is 0.366. The van der Waals surface area contributed by atoms with Gasteiger partial charge < -0.3 is 19.3 Å². The molecule has 0 bridgehead atoms. The maximum absolute atomic E-state index is 6.64. The van der Waals surface area contributed by atoms with Crippen LogP contribution in [0.3, 0.4) is 0 Å². The number of ether oxygens (including phenoxy) is 2. The Morgan fingerprint density at radius 3 is 1.05 bits per heavy atom. The summed E-state index contributed by atoms with van der Waals surface area (Å²) in [6.07, 6.45) is 6.89. The fourth-order valence-electron chi connectivity index (χ4n) is 9.44. The largest absolute Gasteiger partial charge is 0.453 e. The monoisotopic (exact) mass is 956 g/mol. The van der Waals surface area contributed by atoms with Gasteiger partial charge >= 0.3 is 0 Å². The molecule has 0 N–H and O–H groups in total. The van der Waals surface area contributed by atoms with Gasteiger partial charge in [-0.2, -0.15) is 0 Å². The third-order valence-corrected chi connectivity index (χ3v) is 12.7. The van der Waals surface area contributed by atoms with Crippen molar-refractivity contribution in [3.63, 3.8) is 0 Å². The zero-order chi connectivity index (χ0) is 49.0. The number of hydrogen-bond acceptors (Lipinski definition) is 14. The Hall–Kier alpha value is -10.6. The van der Waals surface area contributed by atoms with E-state index in [0.717, 1.165) is 44.9 Å². The number of para-hydroxylation sites is 8. The number of hydrogen-bond donors (Lipinski definition) is 0. The molecule has 2 aliphatic heterocycles. The molecule has 0 unspecified atom stereocenters. The number of anilines is 6. The van der Waals surface area contributed by atoms with Gasteiger partial charge in [-0.3, -0.25) is 19.9 Å². The molecule has 2 aliphatic rings. The molecule has 0 aliphatic carbocycles. The quantitative estimate of drug-likeness (QED) is 0.142. The molecule has 0 saturated carbocycles. The zero-order valence-corrected chi connectivity index (χ0v) is 39.0. The lowest BCUT2D eigenvalue weighted by molar-refractivity contribution is 0.477. The molecule has 0 radical (unpaired) electrons. The summed E-state index contributed by atoms with van der Waals surface area (Å²) in [7, 11) is 0. The van der Waals surface area contributed by atoms with E-state index in [1.54, 1.807) is 24.8 Å². The van der Waals surface area contributed by atoms with Crippen LogP contribution in [0.4, 0.5) is 34.1 Å². The van der Waals surface area contributed by atoms with Crippen LogP contribution in [0.5, 0.6) is 23.0 Å². The molecular weight excluding hydrogens is 921 g/mol. The Kier molecular flexibility index (Phi) is 10.1. The number of aromatic nitrogens is 10. The Morgan fingerprint density at radius 2 is 0.649 bits per heavy atom. The van der Waals surface area contributed by atoms with Gasteiger partial charge in [0.05, 0.1) is 28.4 Å². The summed E-state index contributed by atoms with van der Waals surface area (Å²) in [6, 6.07) is 63.4. The molecule has 0 fully saturated rings. The van der Waals surface area contributed by atoms with E-state index >= 15 is 0 Å². The summed E-state index contributed by atoms with van der Waals surface area (Å²) in [5, 5.41) is 1.62. The van der Waals surface area contributed by atoms with Crippen LogP contribution in [0.15, 0.2) is 219 Å². The van der Waals surface area contributed by atoms with Crippen LogP contribution in [-0.2, 0) is 0 Å². The van der Waals surface area contributed by atoms with Gasteiger partial charge in [0.1, 0.15) is 22.8 Å². The summed E-state index contributed by atoms with van der Waals surface area (Å²) in [6.45, 7) is 0. The molecule has 8 heterocycles. The molecule has 14 nitrogen and oxygen atoms in total. The van der Waals surface area contributed by atoms with Gasteiger partial charge in [0.15, 0.2) is 57.9 Å². The molecule has 6 aromatic heterocycles. The highest BCUT2D eigenvalue weighted by atomic mass is 16.5. The van der Waals surface area contributed by atoms with Gasteiger partial charge in [0.2, 0.25) is 0 Å². The van der Waals surface area contributed by atoms with Crippen LogP contribution in [-0.4, -0.2) is 49.8 Å². The van der Waals surface area contributed by atoms with E-state index in [1.807, 2.05) is 152 Å². The molecule has 0 atom stereocenters. The average Bonchev–Trinajstić information content (AvgIpc) is 3.48. The van der Waals surface area contributed by atoms with Crippen LogP contribution in [0, 0.1) is 0 Å². The van der Waals surface area contributed by atoms with Crippen LogP contribution in [0.25, 0.3) is 79.6 Å². The minimum absolute atomic E-state index is 0.366. The highest BCUT2D eigenvalue weighted by Gasteiger charge is 2.32. The summed E-state index contributed by atoms with van der Waals surface area (Å²) in [5.74, 6) is 5.05. The van der Waals surface area contributed by atoms with Crippen molar-refractivity contribution in [2.24, 2.45) is 0 Å². The number of nitrogens with zero attached hydrogens (tertiary/aromatic N) is 12. The molecule has 0 amide bonds. The van der Waals surface area contributed by atoms with Crippen LogP contribution in [0.2, 0.25) is 0 Å². The van der Waals surface area contributed by atoms with E-state index in [0.29, 0.717) is 91.8 Å². The molecule has 12 aromatic rings. The Labute approximate surface area is 423 Å². The predicted molar refractivity (Wildman–Crippen MR) is 284 cm³/mol. The Bertz CT molecular complexity index is 3910. The summed E-state index contributed by atoms with van der Waals surface area (Å²) in [5.41, 5.74) is 8.64. The second-order valence-electron chi connectivity index (χ2n) is 17.3. The smallest absolute Gasteiger partial charge is 0.182 e. The lowest BCUT2D eigenvalue weighted by Gasteiger charge is -2.36. The molecular formula is C60H36N12O2. The maximum Gasteiger partial charge on any atom is 0.182 e. The van der Waals surface area contributed by atoms with E-state index < -0.39 is 0 Å². The average molecular weight is 957 g/mol. The highest BCUT2D eigenvalue weighted by Crippen LogP contribution is 2.56. The van der Waals surface area contributed by atoms with E-state index in [1.165, 1.54) is 0 Å². The highest BCUT2D eigenvalue weighted by molar-refractivity contribution is 6.11. The first-order valence-electron chi connectivity index (χ1n) is 23.8. The van der Waals surface area contributed by atoms with Crippen molar-refractivity contribution in [3.8, 4) is 91.8 Å². The van der Waals surface area contributed by atoms with Gasteiger partial charge in [0, 0.05) is 47.0 Å². The second-order valence-corrected chi connectivity index (χ2v) is 17.3. The molecule has 74 heavy (non-hydrogen) atoms. The third-order valence-electron chi connectivity index (χ3n) is 12.7. The number of fused-ring (bicyclic) bond motifs is 5. The van der Waals surface area contributed by atoms with E-state index in [2.05, 4.69) is 62.2 Å². The summed E-state index contributed by atoms with van der Waals surface area (Å²) in [4.78, 5) is 54.1. The Morgan fingerprint density at radius 1 is 0.284 bits per heavy atom. The number of benzene rings is 6. The topological polar surface area (TPSA) is 154 Å². The van der Waals surface area contributed by atoms with Crippen LogP contribution in [0.1, 0.15) is 0 Å². The number of rotatable bonds is 8. The summed E-state index contributed by atoms with van der Waals surface area (Å²) >= 11 is 0. The van der Waals surface area contributed by atoms with Gasteiger partial charge in [-0.15, -0.1) is 0 Å². The molecule has 6 aromatic carbocycles. The van der Waals surface area contributed by atoms with Gasteiger partial charge in [0.25, 0.3) is 0 Å². The number of pyridine rings is 4.